The zero-order valence-corrected chi connectivity index (χ0v) is 10.2. The van der Waals surface area contributed by atoms with E-state index in [2.05, 4.69) is 0 Å². The molecule has 2 rings (SSSR count). The summed E-state index contributed by atoms with van der Waals surface area (Å²) in [5, 5.41) is 19.7. The number of phenols is 1. The summed E-state index contributed by atoms with van der Waals surface area (Å²) >= 11 is 0. The number of carboxylic acid groups (broad SMARTS) is 1. The predicted molar refractivity (Wildman–Crippen MR) is 68.7 cm³/mol. The van der Waals surface area contributed by atoms with Crippen LogP contribution in [0, 0.1) is 0 Å². The topological polar surface area (TPSA) is 83.8 Å². The molecule has 0 radical (unpaired) electrons. The zero-order valence-electron chi connectivity index (χ0n) is 10.2. The molecule has 5 heteroatoms. The quantitative estimate of drug-likeness (QED) is 0.823. The van der Waals surface area contributed by atoms with E-state index in [0.717, 1.165) is 0 Å². The second-order valence-electron chi connectivity index (χ2n) is 4.08. The Hall–Kier alpha value is -2.56. The Bertz CT molecular complexity index is 660. The largest absolute Gasteiger partial charge is 0.507 e. The van der Waals surface area contributed by atoms with E-state index in [1.165, 1.54) is 13.0 Å². The summed E-state index contributed by atoms with van der Waals surface area (Å²) in [6.45, 7) is 0.953. The molecule has 0 aliphatic rings. The number of rotatable bonds is 4. The van der Waals surface area contributed by atoms with Crippen LogP contribution in [0.15, 0.2) is 30.3 Å². The Morgan fingerprint density at radius 2 is 1.95 bits per heavy atom. The molecule has 0 aliphatic carbocycles. The van der Waals surface area contributed by atoms with Crippen molar-refractivity contribution in [3.05, 3.63) is 35.9 Å². The van der Waals surface area contributed by atoms with Crippen LogP contribution in [0.5, 0.6) is 11.5 Å². The minimum absolute atomic E-state index is 0.0743. The summed E-state index contributed by atoms with van der Waals surface area (Å²) in [4.78, 5) is 21.7. The highest BCUT2D eigenvalue weighted by Gasteiger charge is 2.10. The summed E-state index contributed by atoms with van der Waals surface area (Å²) in [7, 11) is 0. The van der Waals surface area contributed by atoms with E-state index in [4.69, 9.17) is 9.84 Å². The standard InChI is InChI=1S/C14H12O5/c1-8(15)11-4-2-9-6-10(19-7-13(16)17)3-5-12(9)14(11)18/h2-6,18H,7H2,1H3,(H,16,17). The number of fused-ring (bicyclic) bond motifs is 1. The van der Waals surface area contributed by atoms with E-state index in [-0.39, 0.29) is 17.1 Å². The lowest BCUT2D eigenvalue weighted by Gasteiger charge is -2.08. The third-order valence-corrected chi connectivity index (χ3v) is 2.70. The van der Waals surface area contributed by atoms with Gasteiger partial charge in [0, 0.05) is 5.39 Å². The number of ether oxygens (including phenoxy) is 1. The number of carboxylic acids is 1. The molecule has 0 saturated heterocycles. The molecule has 2 N–H and O–H groups in total. The summed E-state index contributed by atoms with van der Waals surface area (Å²) in [5.74, 6) is -0.958. The Labute approximate surface area is 109 Å². The van der Waals surface area contributed by atoms with Gasteiger partial charge in [-0.15, -0.1) is 0 Å². The molecule has 0 atom stereocenters. The minimum Gasteiger partial charge on any atom is -0.507 e. The van der Waals surface area contributed by atoms with E-state index < -0.39 is 12.6 Å². The highest BCUT2D eigenvalue weighted by Crippen LogP contribution is 2.31. The number of Topliss-reactive ketones (excluding diaryl/α,β-unsaturated/α-hetero) is 1. The van der Waals surface area contributed by atoms with Gasteiger partial charge in [-0.05, 0) is 36.6 Å². The van der Waals surface area contributed by atoms with Crippen molar-refractivity contribution >= 4 is 22.5 Å². The Morgan fingerprint density at radius 1 is 1.21 bits per heavy atom. The molecule has 0 heterocycles. The molecule has 0 unspecified atom stereocenters. The number of hydrogen-bond acceptors (Lipinski definition) is 4. The normalized spacial score (nSPS) is 10.4. The number of ketones is 1. The average Bonchev–Trinajstić information content (AvgIpc) is 2.36. The number of carbonyl (C=O) groups excluding carboxylic acids is 1. The lowest BCUT2D eigenvalue weighted by Crippen LogP contribution is -2.09. The molecule has 19 heavy (non-hydrogen) atoms. The molecular formula is C14H12O5. The van der Waals surface area contributed by atoms with E-state index >= 15 is 0 Å². The van der Waals surface area contributed by atoms with Crippen molar-refractivity contribution < 1.29 is 24.5 Å². The summed E-state index contributed by atoms with van der Waals surface area (Å²) in [5.41, 5.74) is 0.256. The monoisotopic (exact) mass is 260 g/mol. The van der Waals surface area contributed by atoms with Gasteiger partial charge in [-0.25, -0.2) is 4.79 Å². The molecule has 0 spiro atoms. The first kappa shape index (κ1) is 12.9. The summed E-state index contributed by atoms with van der Waals surface area (Å²) in [6, 6.07) is 7.96. The van der Waals surface area contributed by atoms with E-state index in [0.29, 0.717) is 16.5 Å². The van der Waals surface area contributed by atoms with Crippen molar-refractivity contribution in [3.8, 4) is 11.5 Å². The number of aliphatic carboxylic acids is 1. The Kier molecular flexibility index (Phi) is 3.37. The average molecular weight is 260 g/mol. The van der Waals surface area contributed by atoms with Crippen LogP contribution in [0.1, 0.15) is 17.3 Å². The lowest BCUT2D eigenvalue weighted by molar-refractivity contribution is -0.139. The SMILES string of the molecule is CC(=O)c1ccc2cc(OCC(=O)O)ccc2c1O. The molecular weight excluding hydrogens is 248 g/mol. The fourth-order valence-electron chi connectivity index (χ4n) is 1.81. The third kappa shape index (κ3) is 2.65. The van der Waals surface area contributed by atoms with E-state index in [9.17, 15) is 14.7 Å². The van der Waals surface area contributed by atoms with Gasteiger partial charge in [-0.2, -0.15) is 0 Å². The first-order chi connectivity index (χ1) is 8.99. The molecule has 5 nitrogen and oxygen atoms in total. The van der Waals surface area contributed by atoms with E-state index in [1.807, 2.05) is 0 Å². The first-order valence-corrected chi connectivity index (χ1v) is 5.60. The minimum atomic E-state index is -1.06. The smallest absolute Gasteiger partial charge is 0.341 e. The Morgan fingerprint density at radius 3 is 2.58 bits per heavy atom. The van der Waals surface area contributed by atoms with Crippen molar-refractivity contribution in [2.75, 3.05) is 6.61 Å². The second kappa shape index (κ2) is 4.97. The van der Waals surface area contributed by atoms with Crippen molar-refractivity contribution in [3.63, 3.8) is 0 Å². The van der Waals surface area contributed by atoms with Crippen LogP contribution in [-0.4, -0.2) is 28.6 Å². The first-order valence-electron chi connectivity index (χ1n) is 5.60. The fraction of sp³-hybridized carbons (Fsp3) is 0.143. The van der Waals surface area contributed by atoms with Crippen LogP contribution >= 0.6 is 0 Å². The summed E-state index contributed by atoms with van der Waals surface area (Å²) in [6.07, 6.45) is 0. The highest BCUT2D eigenvalue weighted by atomic mass is 16.5. The van der Waals surface area contributed by atoms with Gasteiger partial charge in [0.2, 0.25) is 0 Å². The molecule has 0 amide bonds. The van der Waals surface area contributed by atoms with Crippen LogP contribution in [0.2, 0.25) is 0 Å². The van der Waals surface area contributed by atoms with Crippen molar-refractivity contribution in [1.82, 2.24) is 0 Å². The number of carbonyl (C=O) groups is 2. The van der Waals surface area contributed by atoms with E-state index in [1.54, 1.807) is 24.3 Å². The molecule has 2 aromatic rings. The number of hydrogen-bond donors (Lipinski definition) is 2. The maximum Gasteiger partial charge on any atom is 0.341 e. The maximum atomic E-state index is 11.3. The van der Waals surface area contributed by atoms with Gasteiger partial charge in [-0.1, -0.05) is 6.07 Å². The maximum absolute atomic E-state index is 11.3. The third-order valence-electron chi connectivity index (χ3n) is 2.70. The number of aromatic hydroxyl groups is 1. The Balaban J connectivity index is 2.43. The molecule has 0 aliphatic heterocycles. The van der Waals surface area contributed by atoms with Gasteiger partial charge in [-0.3, -0.25) is 4.79 Å². The van der Waals surface area contributed by atoms with Gasteiger partial charge in [0.25, 0.3) is 0 Å². The molecule has 0 saturated carbocycles. The molecule has 0 aromatic heterocycles. The number of phenolic OH excluding ortho intramolecular Hbond substituents is 1. The van der Waals surface area contributed by atoms with Crippen LogP contribution in [0.3, 0.4) is 0 Å². The highest BCUT2D eigenvalue weighted by molar-refractivity contribution is 6.03. The van der Waals surface area contributed by atoms with Crippen molar-refractivity contribution in [1.29, 1.82) is 0 Å². The zero-order chi connectivity index (χ0) is 14.0. The lowest BCUT2D eigenvalue weighted by atomic mass is 10.0. The molecule has 0 fully saturated rings. The van der Waals surface area contributed by atoms with Crippen LogP contribution < -0.4 is 4.74 Å². The van der Waals surface area contributed by atoms with Gasteiger partial charge >= 0.3 is 5.97 Å². The molecule has 2 aromatic carbocycles. The van der Waals surface area contributed by atoms with Gasteiger partial charge in [0.05, 0.1) is 5.56 Å². The van der Waals surface area contributed by atoms with Crippen LogP contribution in [0.4, 0.5) is 0 Å². The molecule has 98 valence electrons. The second-order valence-corrected chi connectivity index (χ2v) is 4.08. The summed E-state index contributed by atoms with van der Waals surface area (Å²) < 4.78 is 5.04. The fourth-order valence-corrected chi connectivity index (χ4v) is 1.81. The number of benzene rings is 2. The van der Waals surface area contributed by atoms with Gasteiger partial charge < -0.3 is 14.9 Å². The van der Waals surface area contributed by atoms with Crippen molar-refractivity contribution in [2.45, 2.75) is 6.92 Å². The van der Waals surface area contributed by atoms with Crippen LogP contribution in [-0.2, 0) is 4.79 Å². The van der Waals surface area contributed by atoms with Gasteiger partial charge in [0.1, 0.15) is 11.5 Å². The van der Waals surface area contributed by atoms with Crippen molar-refractivity contribution in [2.24, 2.45) is 0 Å². The van der Waals surface area contributed by atoms with Gasteiger partial charge in [0.15, 0.2) is 12.4 Å². The molecule has 0 bridgehead atoms. The van der Waals surface area contributed by atoms with Crippen LogP contribution in [0.25, 0.3) is 10.8 Å². The predicted octanol–water partition coefficient (Wildman–Crippen LogP) is 2.21.